The van der Waals surface area contributed by atoms with Gasteiger partial charge in [-0.3, -0.25) is 4.57 Å². The van der Waals surface area contributed by atoms with Gasteiger partial charge in [0.05, 0.1) is 5.75 Å². The lowest BCUT2D eigenvalue weighted by molar-refractivity contribution is 0.593. The first-order valence-electron chi connectivity index (χ1n) is 3.78. The zero-order valence-corrected chi connectivity index (χ0v) is 11.3. The molecule has 1 rings (SSSR count). The van der Waals surface area contributed by atoms with Crippen LogP contribution >= 0.6 is 39.2 Å². The van der Waals surface area contributed by atoms with Crippen molar-refractivity contribution in [3.63, 3.8) is 0 Å². The highest BCUT2D eigenvalue weighted by molar-refractivity contribution is 8.21. The Bertz CT molecular complexity index is 492. The van der Waals surface area contributed by atoms with E-state index in [1.165, 1.54) is 0 Å². The zero-order chi connectivity index (χ0) is 11.5. The first-order chi connectivity index (χ1) is 6.79. The Hall–Kier alpha value is 0.270. The van der Waals surface area contributed by atoms with Crippen molar-refractivity contribution in [2.75, 3.05) is 0 Å². The number of hydrogen-bond acceptors (Lipinski definition) is 2. The van der Waals surface area contributed by atoms with Gasteiger partial charge in [-0.25, -0.2) is 4.21 Å². The Kier molecular flexibility index (Phi) is 4.50. The smallest absolute Gasteiger partial charge is 0.262 e. The number of benzene rings is 1. The lowest BCUT2D eigenvalue weighted by atomic mass is 10.2. The molecule has 8 heteroatoms. The Morgan fingerprint density at radius 1 is 1.27 bits per heavy atom. The molecule has 1 unspecified atom stereocenters. The van der Waals surface area contributed by atoms with E-state index < -0.39 is 14.9 Å². The van der Waals surface area contributed by atoms with Crippen LogP contribution in [0, 0.1) is 0 Å². The summed E-state index contributed by atoms with van der Waals surface area (Å²) in [5, 5.41) is 0. The third kappa shape index (κ3) is 5.79. The standard InChI is InChI=1S/C7H7Cl3NO2PS/c8-14(9,12)11-15(10,13)6-7-4-2-1-3-5-7/h1-5H,6H2. The fraction of sp³-hybridized carbons (Fsp3) is 0.143. The van der Waals surface area contributed by atoms with Crippen LogP contribution in [-0.4, -0.2) is 4.21 Å². The van der Waals surface area contributed by atoms with Crippen molar-refractivity contribution in [2.24, 2.45) is 4.13 Å². The summed E-state index contributed by atoms with van der Waals surface area (Å²) in [6.07, 6.45) is 0. The van der Waals surface area contributed by atoms with Gasteiger partial charge in [-0.05, 0) is 38.7 Å². The molecular formula is C7H7Cl3NO2PS. The Morgan fingerprint density at radius 2 is 1.80 bits per heavy atom. The summed E-state index contributed by atoms with van der Waals surface area (Å²) in [6, 6.07) is 8.80. The van der Waals surface area contributed by atoms with Crippen LogP contribution in [0.2, 0.25) is 0 Å². The van der Waals surface area contributed by atoms with E-state index >= 15 is 0 Å². The van der Waals surface area contributed by atoms with Crippen LogP contribution in [0.15, 0.2) is 34.5 Å². The van der Waals surface area contributed by atoms with Crippen LogP contribution in [0.25, 0.3) is 0 Å². The molecule has 0 radical (unpaired) electrons. The molecule has 1 aromatic rings. The molecule has 0 fully saturated rings. The molecule has 3 nitrogen and oxygen atoms in total. The monoisotopic (exact) mass is 305 g/mol. The average Bonchev–Trinajstić information content (AvgIpc) is 1.99. The summed E-state index contributed by atoms with van der Waals surface area (Å²) in [6.45, 7) is 0. The van der Waals surface area contributed by atoms with Crippen molar-refractivity contribution in [3.8, 4) is 0 Å². The molecule has 0 heterocycles. The minimum atomic E-state index is -3.76. The molecule has 0 spiro atoms. The van der Waals surface area contributed by atoms with E-state index in [0.717, 1.165) is 0 Å². The average molecular weight is 307 g/mol. The first kappa shape index (κ1) is 13.3. The second-order valence-corrected chi connectivity index (χ2v) is 10.4. The van der Waals surface area contributed by atoms with Crippen molar-refractivity contribution in [1.29, 1.82) is 0 Å². The number of nitrogens with zero attached hydrogens (tertiary/aromatic N) is 1. The third-order valence-corrected chi connectivity index (χ3v) is 5.82. The van der Waals surface area contributed by atoms with Gasteiger partial charge in [-0.15, -0.1) is 4.13 Å². The zero-order valence-electron chi connectivity index (χ0n) is 7.35. The second kappa shape index (κ2) is 5.07. The van der Waals surface area contributed by atoms with E-state index in [9.17, 15) is 8.77 Å². The molecule has 1 atom stereocenters. The molecule has 0 saturated carbocycles. The van der Waals surface area contributed by atoms with Gasteiger partial charge in [0.2, 0.25) is 0 Å². The fourth-order valence-corrected chi connectivity index (χ4v) is 6.44. The SMILES string of the molecule is O=P(Cl)(Cl)N=S(=O)(Cl)Cc1ccccc1. The van der Waals surface area contributed by atoms with Crippen molar-refractivity contribution in [2.45, 2.75) is 5.75 Å². The number of rotatable bonds is 3. The maximum atomic E-state index is 11.6. The number of hydrogen-bond donors (Lipinski definition) is 0. The highest BCUT2D eigenvalue weighted by Gasteiger charge is 2.17. The first-order valence-corrected chi connectivity index (χ1v) is 9.76. The van der Waals surface area contributed by atoms with E-state index in [2.05, 4.69) is 4.13 Å². The highest BCUT2D eigenvalue weighted by Crippen LogP contribution is 2.59. The molecule has 1 aromatic carbocycles. The highest BCUT2D eigenvalue weighted by atomic mass is 35.9. The van der Waals surface area contributed by atoms with Crippen LogP contribution in [0.3, 0.4) is 0 Å². The minimum Gasteiger partial charge on any atom is -0.262 e. The van der Waals surface area contributed by atoms with Crippen LogP contribution in [0.1, 0.15) is 5.56 Å². The molecule has 15 heavy (non-hydrogen) atoms. The van der Waals surface area contributed by atoms with Crippen molar-refractivity contribution >= 4 is 48.1 Å². The van der Waals surface area contributed by atoms with E-state index in [-0.39, 0.29) is 5.75 Å². The van der Waals surface area contributed by atoms with E-state index in [0.29, 0.717) is 5.56 Å². The van der Waals surface area contributed by atoms with Crippen LogP contribution in [0.4, 0.5) is 0 Å². The largest absolute Gasteiger partial charge is 0.372 e. The van der Waals surface area contributed by atoms with E-state index in [4.69, 9.17) is 33.2 Å². The third-order valence-electron chi connectivity index (χ3n) is 1.40. The Balaban J connectivity index is 2.97. The predicted octanol–water partition coefficient (Wildman–Crippen LogP) is 4.39. The van der Waals surface area contributed by atoms with E-state index in [1.807, 2.05) is 6.07 Å². The van der Waals surface area contributed by atoms with Crippen LogP contribution in [0.5, 0.6) is 0 Å². The summed E-state index contributed by atoms with van der Waals surface area (Å²) in [4.78, 5) is 0. The quantitative estimate of drug-likeness (QED) is 0.614. The van der Waals surface area contributed by atoms with Gasteiger partial charge in [0, 0.05) is 0 Å². The second-order valence-electron chi connectivity index (χ2n) is 2.71. The van der Waals surface area contributed by atoms with Gasteiger partial charge in [0.1, 0.15) is 8.94 Å². The van der Waals surface area contributed by atoms with Crippen molar-refractivity contribution < 1.29 is 8.77 Å². The normalized spacial score (nSPS) is 15.7. The summed E-state index contributed by atoms with van der Waals surface area (Å²) >= 11 is 10.3. The summed E-state index contributed by atoms with van der Waals surface area (Å²) < 4.78 is 25.8. The molecule has 0 N–H and O–H groups in total. The van der Waals surface area contributed by atoms with Gasteiger partial charge in [0.15, 0.2) is 0 Å². The Labute approximate surface area is 102 Å². The molecule has 0 amide bonds. The van der Waals surface area contributed by atoms with Crippen molar-refractivity contribution in [3.05, 3.63) is 35.9 Å². The summed E-state index contributed by atoms with van der Waals surface area (Å²) in [7, 11) is 2.40. The van der Waals surface area contributed by atoms with Crippen LogP contribution < -0.4 is 0 Å². The molecule has 0 bridgehead atoms. The lowest BCUT2D eigenvalue weighted by Gasteiger charge is -2.02. The van der Waals surface area contributed by atoms with Gasteiger partial charge < -0.3 is 0 Å². The van der Waals surface area contributed by atoms with Gasteiger partial charge >= 0.3 is 6.00 Å². The Morgan fingerprint density at radius 3 is 2.27 bits per heavy atom. The molecule has 84 valence electrons. The number of halogens is 3. The summed E-state index contributed by atoms with van der Waals surface area (Å²) in [5.41, 5.74) is 0.711. The maximum absolute atomic E-state index is 11.6. The predicted molar refractivity (Wildman–Crippen MR) is 65.9 cm³/mol. The van der Waals surface area contributed by atoms with Gasteiger partial charge in [0.25, 0.3) is 0 Å². The van der Waals surface area contributed by atoms with E-state index in [1.54, 1.807) is 24.3 Å². The van der Waals surface area contributed by atoms with Crippen LogP contribution in [-0.2, 0) is 19.3 Å². The lowest BCUT2D eigenvalue weighted by Crippen LogP contribution is -1.93. The molecule has 0 aliphatic rings. The molecule has 0 aromatic heterocycles. The molecule has 0 saturated heterocycles. The van der Waals surface area contributed by atoms with Crippen molar-refractivity contribution in [1.82, 2.24) is 0 Å². The topological polar surface area (TPSA) is 46.5 Å². The fourth-order valence-electron chi connectivity index (χ4n) is 0.951. The molecule has 0 aliphatic carbocycles. The molecule has 0 aliphatic heterocycles. The molecular weight excluding hydrogens is 299 g/mol. The maximum Gasteiger partial charge on any atom is 0.372 e. The minimum absolute atomic E-state index is 0.0428. The van der Waals surface area contributed by atoms with Gasteiger partial charge in [-0.1, -0.05) is 30.3 Å². The summed E-state index contributed by atoms with van der Waals surface area (Å²) in [5.74, 6) is -3.80. The van der Waals surface area contributed by atoms with Gasteiger partial charge in [-0.2, -0.15) is 0 Å².